The van der Waals surface area contributed by atoms with Crippen LogP contribution in [0, 0.1) is 0 Å². The molecule has 0 saturated heterocycles. The summed E-state index contributed by atoms with van der Waals surface area (Å²) in [6, 6.07) is 6.65. The first-order valence-electron chi connectivity index (χ1n) is 3.85. The SMILES string of the molecule is C=C(Cc1cccc(O)c1)C(N)=O. The number of rotatable bonds is 3. The summed E-state index contributed by atoms with van der Waals surface area (Å²) >= 11 is 0. The fourth-order valence-corrected chi connectivity index (χ4v) is 1.000. The number of phenolic OH excluding ortho intramolecular Hbond substituents is 1. The van der Waals surface area contributed by atoms with Crippen molar-refractivity contribution in [3.8, 4) is 5.75 Å². The lowest BCUT2D eigenvalue weighted by Gasteiger charge is -2.01. The molecule has 0 aliphatic heterocycles. The Labute approximate surface area is 76.5 Å². The first kappa shape index (κ1) is 9.32. The first-order valence-corrected chi connectivity index (χ1v) is 3.85. The molecule has 13 heavy (non-hydrogen) atoms. The zero-order valence-electron chi connectivity index (χ0n) is 7.16. The van der Waals surface area contributed by atoms with Crippen LogP contribution in [0.25, 0.3) is 0 Å². The molecule has 0 fully saturated rings. The Kier molecular flexibility index (Phi) is 2.69. The van der Waals surface area contributed by atoms with Gasteiger partial charge < -0.3 is 10.8 Å². The van der Waals surface area contributed by atoms with Gasteiger partial charge >= 0.3 is 0 Å². The number of aromatic hydroxyl groups is 1. The number of benzene rings is 1. The summed E-state index contributed by atoms with van der Waals surface area (Å²) in [5.41, 5.74) is 6.18. The standard InChI is InChI=1S/C10H11NO2/c1-7(10(11)13)5-8-3-2-4-9(12)6-8/h2-4,6,12H,1,5H2,(H2,11,13). The van der Waals surface area contributed by atoms with Crippen molar-refractivity contribution in [1.29, 1.82) is 0 Å². The first-order chi connectivity index (χ1) is 6.09. The van der Waals surface area contributed by atoms with Crippen molar-refractivity contribution in [3.63, 3.8) is 0 Å². The van der Waals surface area contributed by atoms with Gasteiger partial charge in [0.15, 0.2) is 0 Å². The van der Waals surface area contributed by atoms with Gasteiger partial charge in [0.05, 0.1) is 0 Å². The van der Waals surface area contributed by atoms with Crippen molar-refractivity contribution in [2.45, 2.75) is 6.42 Å². The van der Waals surface area contributed by atoms with Gasteiger partial charge in [0, 0.05) is 12.0 Å². The van der Waals surface area contributed by atoms with Crippen LogP contribution in [0.5, 0.6) is 5.75 Å². The smallest absolute Gasteiger partial charge is 0.244 e. The van der Waals surface area contributed by atoms with E-state index < -0.39 is 5.91 Å². The van der Waals surface area contributed by atoms with Crippen LogP contribution in [0.4, 0.5) is 0 Å². The summed E-state index contributed by atoms with van der Waals surface area (Å²) in [4.78, 5) is 10.6. The van der Waals surface area contributed by atoms with Crippen LogP contribution >= 0.6 is 0 Å². The van der Waals surface area contributed by atoms with Crippen LogP contribution in [0.3, 0.4) is 0 Å². The van der Waals surface area contributed by atoms with Crippen LogP contribution in [0.1, 0.15) is 5.56 Å². The minimum Gasteiger partial charge on any atom is -0.508 e. The second kappa shape index (κ2) is 3.76. The van der Waals surface area contributed by atoms with Gasteiger partial charge in [-0.15, -0.1) is 0 Å². The van der Waals surface area contributed by atoms with Crippen molar-refractivity contribution >= 4 is 5.91 Å². The second-order valence-corrected chi connectivity index (χ2v) is 2.81. The van der Waals surface area contributed by atoms with Gasteiger partial charge in [-0.1, -0.05) is 18.7 Å². The molecule has 1 amide bonds. The minimum atomic E-state index is -0.511. The van der Waals surface area contributed by atoms with Crippen LogP contribution in [0.2, 0.25) is 0 Å². The van der Waals surface area contributed by atoms with Crippen LogP contribution < -0.4 is 5.73 Å². The Morgan fingerprint density at radius 1 is 1.54 bits per heavy atom. The predicted molar refractivity (Wildman–Crippen MR) is 50.1 cm³/mol. The molecule has 0 spiro atoms. The molecular formula is C10H11NO2. The van der Waals surface area contributed by atoms with E-state index in [2.05, 4.69) is 6.58 Å². The van der Waals surface area contributed by atoms with Crippen LogP contribution in [0.15, 0.2) is 36.4 Å². The van der Waals surface area contributed by atoms with Gasteiger partial charge in [0.1, 0.15) is 5.75 Å². The topological polar surface area (TPSA) is 63.3 Å². The summed E-state index contributed by atoms with van der Waals surface area (Å²) in [5, 5.41) is 9.12. The highest BCUT2D eigenvalue weighted by Gasteiger charge is 2.02. The number of primary amides is 1. The summed E-state index contributed by atoms with van der Waals surface area (Å²) in [7, 11) is 0. The molecule has 3 heteroatoms. The largest absolute Gasteiger partial charge is 0.508 e. The van der Waals surface area contributed by atoms with E-state index in [-0.39, 0.29) is 5.75 Å². The van der Waals surface area contributed by atoms with E-state index >= 15 is 0 Å². The van der Waals surface area contributed by atoms with Gasteiger partial charge in [0.25, 0.3) is 0 Å². The summed E-state index contributed by atoms with van der Waals surface area (Å²) in [6.45, 7) is 3.52. The van der Waals surface area contributed by atoms with Crippen molar-refractivity contribution in [3.05, 3.63) is 42.0 Å². The number of phenols is 1. The lowest BCUT2D eigenvalue weighted by molar-refractivity contribution is -0.114. The fraction of sp³-hybridized carbons (Fsp3) is 0.100. The van der Waals surface area contributed by atoms with Crippen molar-refractivity contribution < 1.29 is 9.90 Å². The van der Waals surface area contributed by atoms with E-state index in [1.807, 2.05) is 0 Å². The van der Waals surface area contributed by atoms with E-state index in [0.717, 1.165) is 5.56 Å². The normalized spacial score (nSPS) is 9.54. The zero-order chi connectivity index (χ0) is 9.84. The Hall–Kier alpha value is -1.77. The third-order valence-corrected chi connectivity index (χ3v) is 1.68. The number of hydrogen-bond donors (Lipinski definition) is 2. The zero-order valence-corrected chi connectivity index (χ0v) is 7.16. The quantitative estimate of drug-likeness (QED) is 0.676. The van der Waals surface area contributed by atoms with Crippen LogP contribution in [-0.4, -0.2) is 11.0 Å². The summed E-state index contributed by atoms with van der Waals surface area (Å²) < 4.78 is 0. The Morgan fingerprint density at radius 3 is 2.77 bits per heavy atom. The highest BCUT2D eigenvalue weighted by molar-refractivity contribution is 5.91. The van der Waals surface area contributed by atoms with E-state index in [1.54, 1.807) is 24.3 Å². The molecule has 1 aromatic carbocycles. The minimum absolute atomic E-state index is 0.176. The highest BCUT2D eigenvalue weighted by Crippen LogP contribution is 2.13. The van der Waals surface area contributed by atoms with Crippen molar-refractivity contribution in [2.75, 3.05) is 0 Å². The molecule has 0 atom stereocenters. The number of carbonyl (C=O) groups excluding carboxylic acids is 1. The molecule has 0 radical (unpaired) electrons. The van der Waals surface area contributed by atoms with Gasteiger partial charge in [-0.2, -0.15) is 0 Å². The maximum Gasteiger partial charge on any atom is 0.244 e. The average Bonchev–Trinajstić information content (AvgIpc) is 2.04. The van der Waals surface area contributed by atoms with Gasteiger partial charge in [0.2, 0.25) is 5.91 Å². The average molecular weight is 177 g/mol. The molecule has 68 valence electrons. The molecule has 3 nitrogen and oxygen atoms in total. The lowest BCUT2D eigenvalue weighted by atomic mass is 10.1. The lowest BCUT2D eigenvalue weighted by Crippen LogP contribution is -2.14. The number of carbonyl (C=O) groups is 1. The van der Waals surface area contributed by atoms with Crippen molar-refractivity contribution in [2.24, 2.45) is 5.73 Å². The van der Waals surface area contributed by atoms with Gasteiger partial charge in [-0.05, 0) is 17.7 Å². The Balaban J connectivity index is 2.75. The second-order valence-electron chi connectivity index (χ2n) is 2.81. The molecule has 3 N–H and O–H groups in total. The Morgan fingerprint density at radius 2 is 2.23 bits per heavy atom. The molecule has 0 bridgehead atoms. The molecule has 0 aromatic heterocycles. The molecule has 0 unspecified atom stereocenters. The summed E-state index contributed by atoms with van der Waals surface area (Å²) in [5.74, 6) is -0.335. The summed E-state index contributed by atoms with van der Waals surface area (Å²) in [6.07, 6.45) is 0.379. The number of hydrogen-bond acceptors (Lipinski definition) is 2. The molecule has 1 aromatic rings. The van der Waals surface area contributed by atoms with E-state index in [9.17, 15) is 4.79 Å². The number of nitrogens with two attached hydrogens (primary N) is 1. The molecule has 0 heterocycles. The van der Waals surface area contributed by atoms with Gasteiger partial charge in [-0.25, -0.2) is 0 Å². The Bertz CT molecular complexity index is 345. The van der Waals surface area contributed by atoms with Crippen LogP contribution in [-0.2, 0) is 11.2 Å². The fourth-order valence-electron chi connectivity index (χ4n) is 1.000. The van der Waals surface area contributed by atoms with E-state index in [4.69, 9.17) is 10.8 Å². The van der Waals surface area contributed by atoms with E-state index in [0.29, 0.717) is 12.0 Å². The third-order valence-electron chi connectivity index (χ3n) is 1.68. The third kappa shape index (κ3) is 2.63. The molecule has 0 aliphatic rings. The molecular weight excluding hydrogens is 166 g/mol. The maximum atomic E-state index is 10.6. The predicted octanol–water partition coefficient (Wildman–Crippen LogP) is 0.976. The van der Waals surface area contributed by atoms with Crippen molar-refractivity contribution in [1.82, 2.24) is 0 Å². The molecule has 1 rings (SSSR count). The van der Waals surface area contributed by atoms with E-state index in [1.165, 1.54) is 0 Å². The molecule has 0 saturated carbocycles. The number of amides is 1. The van der Waals surface area contributed by atoms with Gasteiger partial charge in [-0.3, -0.25) is 4.79 Å². The maximum absolute atomic E-state index is 10.6. The highest BCUT2D eigenvalue weighted by atomic mass is 16.3. The monoisotopic (exact) mass is 177 g/mol. The molecule has 0 aliphatic carbocycles.